The number of oxime groups is 1. The molecule has 37 heavy (non-hydrogen) atoms. The van der Waals surface area contributed by atoms with Gasteiger partial charge in [-0.1, -0.05) is 29.4 Å². The first-order valence-corrected chi connectivity index (χ1v) is 12.7. The van der Waals surface area contributed by atoms with Crippen molar-refractivity contribution in [3.05, 3.63) is 53.5 Å². The number of carbonyl (C=O) groups is 2. The molecule has 1 aromatic carbocycles. The minimum atomic E-state index is -0.674. The standard InChI is InChI=1S/C26H33N7O4/c34-21(15-33-6-5-17-3-1-2-4-18(17)14-33)12-27-25(36)22-7-23(29-16-28-22)31-19-8-26(9-19)10-20(11-26)32-24(35)13-30-37/h1-4,7,13,16,19-21,34,37H,5-6,8-12,14-15H2,(H,27,36)(H,32,35)(H,28,29,31)/b30-13-. The summed E-state index contributed by atoms with van der Waals surface area (Å²) in [4.78, 5) is 34.7. The van der Waals surface area contributed by atoms with Gasteiger partial charge in [0, 0.05) is 44.3 Å². The Morgan fingerprint density at radius 2 is 1.92 bits per heavy atom. The molecule has 0 saturated heterocycles. The van der Waals surface area contributed by atoms with Gasteiger partial charge in [0.1, 0.15) is 24.1 Å². The van der Waals surface area contributed by atoms with Crippen LogP contribution >= 0.6 is 0 Å². The lowest BCUT2D eigenvalue weighted by molar-refractivity contribution is -0.117. The highest BCUT2D eigenvalue weighted by atomic mass is 16.4. The molecule has 2 fully saturated rings. The van der Waals surface area contributed by atoms with Crippen molar-refractivity contribution in [2.24, 2.45) is 10.6 Å². The number of aliphatic hydroxyl groups is 1. The van der Waals surface area contributed by atoms with Crippen LogP contribution in [0.15, 0.2) is 41.8 Å². The second-order valence-electron chi connectivity index (χ2n) is 10.5. The largest absolute Gasteiger partial charge is 0.411 e. The second kappa shape index (κ2) is 10.8. The molecular formula is C26H33N7O4. The van der Waals surface area contributed by atoms with E-state index in [9.17, 15) is 14.7 Å². The number of rotatable bonds is 9. The van der Waals surface area contributed by atoms with Crippen LogP contribution in [0.4, 0.5) is 5.82 Å². The Kier molecular flexibility index (Phi) is 7.33. The number of β-amino-alcohol motifs (C(OH)–C–C–N with tert-alkyl or cyclic N) is 1. The first-order valence-electron chi connectivity index (χ1n) is 12.7. The van der Waals surface area contributed by atoms with Gasteiger partial charge >= 0.3 is 0 Å². The zero-order chi connectivity index (χ0) is 25.8. The molecule has 0 radical (unpaired) electrons. The smallest absolute Gasteiger partial charge is 0.270 e. The van der Waals surface area contributed by atoms with E-state index in [0.29, 0.717) is 12.4 Å². The predicted octanol–water partition coefficient (Wildman–Crippen LogP) is 0.925. The average molecular weight is 508 g/mol. The number of hydrogen-bond acceptors (Lipinski definition) is 9. The van der Waals surface area contributed by atoms with Gasteiger partial charge in [-0.05, 0) is 48.6 Å². The summed E-state index contributed by atoms with van der Waals surface area (Å²) >= 11 is 0. The van der Waals surface area contributed by atoms with E-state index in [0.717, 1.165) is 51.4 Å². The maximum Gasteiger partial charge on any atom is 0.270 e. The molecule has 1 aromatic heterocycles. The molecule has 1 spiro atoms. The van der Waals surface area contributed by atoms with Crippen LogP contribution in [-0.2, 0) is 17.8 Å². The van der Waals surface area contributed by atoms with Crippen LogP contribution in [-0.4, -0.2) is 81.0 Å². The lowest BCUT2D eigenvalue weighted by atomic mass is 9.52. The Morgan fingerprint density at radius 1 is 1.16 bits per heavy atom. The number of nitrogens with one attached hydrogen (secondary N) is 3. The maximum atomic E-state index is 12.6. The third kappa shape index (κ3) is 6.05. The van der Waals surface area contributed by atoms with Crippen molar-refractivity contribution in [2.75, 3.05) is 25.0 Å². The van der Waals surface area contributed by atoms with Crippen LogP contribution in [0.25, 0.3) is 0 Å². The van der Waals surface area contributed by atoms with Crippen molar-refractivity contribution in [3.8, 4) is 0 Å². The molecule has 2 aliphatic carbocycles. The Bertz CT molecular complexity index is 1160. The van der Waals surface area contributed by atoms with Gasteiger partial charge in [0.05, 0.1) is 6.10 Å². The normalized spacial score (nSPS) is 25.5. The number of aromatic nitrogens is 2. The quantitative estimate of drug-likeness (QED) is 0.191. The number of aliphatic hydroxyl groups excluding tert-OH is 1. The molecular weight excluding hydrogens is 474 g/mol. The van der Waals surface area contributed by atoms with E-state index in [1.54, 1.807) is 6.07 Å². The number of nitrogens with zero attached hydrogens (tertiary/aromatic N) is 4. The van der Waals surface area contributed by atoms with Crippen LogP contribution in [0.5, 0.6) is 0 Å². The fourth-order valence-corrected chi connectivity index (χ4v) is 5.94. The van der Waals surface area contributed by atoms with E-state index < -0.39 is 6.10 Å². The number of carbonyl (C=O) groups excluding carboxylic acids is 2. The van der Waals surface area contributed by atoms with Gasteiger partial charge in [0.15, 0.2) is 0 Å². The minimum absolute atomic E-state index is 0.113. The number of benzene rings is 1. The molecule has 1 unspecified atom stereocenters. The SMILES string of the molecule is O=C(/C=N\O)NC1CC2(C1)CC(Nc1cc(C(=O)NCC(O)CN3CCc4ccccc4C3)ncn1)C2. The van der Waals surface area contributed by atoms with Crippen LogP contribution < -0.4 is 16.0 Å². The van der Waals surface area contributed by atoms with Crippen molar-refractivity contribution in [2.45, 2.75) is 56.8 Å². The van der Waals surface area contributed by atoms with Crippen molar-refractivity contribution in [1.82, 2.24) is 25.5 Å². The van der Waals surface area contributed by atoms with Gasteiger partial charge in [-0.2, -0.15) is 0 Å². The number of anilines is 1. The first kappa shape index (κ1) is 25.1. The van der Waals surface area contributed by atoms with Crippen LogP contribution in [0.3, 0.4) is 0 Å². The average Bonchev–Trinajstić information content (AvgIpc) is 2.85. The molecule has 1 aliphatic heterocycles. The van der Waals surface area contributed by atoms with Gasteiger partial charge in [-0.15, -0.1) is 0 Å². The van der Waals surface area contributed by atoms with Crippen molar-refractivity contribution >= 4 is 23.8 Å². The zero-order valence-electron chi connectivity index (χ0n) is 20.6. The molecule has 2 saturated carbocycles. The van der Waals surface area contributed by atoms with Gasteiger partial charge in [0.25, 0.3) is 11.8 Å². The number of fused-ring (bicyclic) bond motifs is 1. The fraction of sp³-hybridized carbons (Fsp3) is 0.500. The van der Waals surface area contributed by atoms with E-state index in [2.05, 4.69) is 54.2 Å². The molecule has 2 aromatic rings. The summed E-state index contributed by atoms with van der Waals surface area (Å²) in [6.07, 6.45) is 6.26. The van der Waals surface area contributed by atoms with Crippen molar-refractivity contribution in [1.29, 1.82) is 0 Å². The predicted molar refractivity (Wildman–Crippen MR) is 136 cm³/mol. The van der Waals surface area contributed by atoms with Crippen molar-refractivity contribution in [3.63, 3.8) is 0 Å². The summed E-state index contributed by atoms with van der Waals surface area (Å²) in [5.41, 5.74) is 3.14. The molecule has 2 amide bonds. The Hall–Kier alpha value is -3.57. The molecule has 5 N–H and O–H groups in total. The number of amides is 2. The van der Waals surface area contributed by atoms with Crippen molar-refractivity contribution < 1.29 is 19.9 Å². The fourth-order valence-electron chi connectivity index (χ4n) is 5.94. The minimum Gasteiger partial charge on any atom is -0.411 e. The van der Waals surface area contributed by atoms with Gasteiger partial charge < -0.3 is 26.3 Å². The lowest BCUT2D eigenvalue weighted by Crippen LogP contribution is -2.59. The second-order valence-corrected chi connectivity index (χ2v) is 10.5. The van der Waals surface area contributed by atoms with E-state index in [1.165, 1.54) is 17.5 Å². The summed E-state index contributed by atoms with van der Waals surface area (Å²) in [6, 6.07) is 10.4. The van der Waals surface area contributed by atoms with E-state index in [-0.39, 0.29) is 41.6 Å². The molecule has 2 heterocycles. The number of hydrogen-bond donors (Lipinski definition) is 5. The maximum absolute atomic E-state index is 12.6. The molecule has 0 bridgehead atoms. The summed E-state index contributed by atoms with van der Waals surface area (Å²) in [5, 5.41) is 30.6. The monoisotopic (exact) mass is 507 g/mol. The topological polar surface area (TPSA) is 152 Å². The third-order valence-electron chi connectivity index (χ3n) is 7.67. The van der Waals surface area contributed by atoms with Gasteiger partial charge in [-0.25, -0.2) is 9.97 Å². The van der Waals surface area contributed by atoms with Crippen LogP contribution in [0, 0.1) is 5.41 Å². The van der Waals surface area contributed by atoms with E-state index in [1.807, 2.05) is 6.07 Å². The molecule has 196 valence electrons. The summed E-state index contributed by atoms with van der Waals surface area (Å²) in [7, 11) is 0. The highest BCUT2D eigenvalue weighted by Crippen LogP contribution is 2.56. The van der Waals surface area contributed by atoms with Gasteiger partial charge in [0.2, 0.25) is 0 Å². The Balaban J connectivity index is 1.03. The summed E-state index contributed by atoms with van der Waals surface area (Å²) in [5.74, 6) is -0.133. The molecule has 11 heteroatoms. The van der Waals surface area contributed by atoms with Gasteiger partial charge in [-0.3, -0.25) is 14.5 Å². The molecule has 1 atom stereocenters. The lowest BCUT2D eigenvalue weighted by Gasteiger charge is -2.57. The molecule has 5 rings (SSSR count). The third-order valence-corrected chi connectivity index (χ3v) is 7.67. The van der Waals surface area contributed by atoms with E-state index >= 15 is 0 Å². The Labute approximate surface area is 215 Å². The summed E-state index contributed by atoms with van der Waals surface area (Å²) in [6.45, 7) is 2.34. The highest BCUT2D eigenvalue weighted by Gasteiger charge is 2.53. The van der Waals surface area contributed by atoms with Crippen LogP contribution in [0.2, 0.25) is 0 Å². The Morgan fingerprint density at radius 3 is 2.70 bits per heavy atom. The highest BCUT2D eigenvalue weighted by molar-refractivity contribution is 6.26. The molecule has 11 nitrogen and oxygen atoms in total. The first-order chi connectivity index (χ1) is 17.9. The summed E-state index contributed by atoms with van der Waals surface area (Å²) < 4.78 is 0. The zero-order valence-corrected chi connectivity index (χ0v) is 20.6. The molecule has 3 aliphatic rings. The van der Waals surface area contributed by atoms with E-state index in [4.69, 9.17) is 5.21 Å². The van der Waals surface area contributed by atoms with Crippen LogP contribution in [0.1, 0.15) is 47.3 Å².